The van der Waals surface area contributed by atoms with Gasteiger partial charge in [0.05, 0.1) is 23.4 Å². The molecule has 0 bridgehead atoms. The van der Waals surface area contributed by atoms with E-state index in [4.69, 9.17) is 10.2 Å². The van der Waals surface area contributed by atoms with Crippen LogP contribution in [0.3, 0.4) is 0 Å². The Morgan fingerprint density at radius 3 is 2.73 bits per heavy atom. The zero-order chi connectivity index (χ0) is 23.6. The van der Waals surface area contributed by atoms with Gasteiger partial charge in [-0.15, -0.1) is 0 Å². The number of fused-ring (bicyclic) bond motifs is 1. The molecule has 0 aliphatic carbocycles. The van der Waals surface area contributed by atoms with Gasteiger partial charge in [-0.05, 0) is 47.6 Å². The minimum Gasteiger partial charge on any atom is -0.446 e. The van der Waals surface area contributed by atoms with Crippen LogP contribution in [0.2, 0.25) is 0 Å². The highest BCUT2D eigenvalue weighted by Gasteiger charge is 2.18. The predicted octanol–water partition coefficient (Wildman–Crippen LogP) is 5.54. The Bertz CT molecular complexity index is 1290. The van der Waals surface area contributed by atoms with Crippen molar-refractivity contribution in [1.29, 1.82) is 0 Å². The van der Waals surface area contributed by atoms with Crippen molar-refractivity contribution >= 4 is 22.5 Å². The van der Waals surface area contributed by atoms with Crippen LogP contribution in [0, 0.1) is 5.82 Å². The van der Waals surface area contributed by atoms with Gasteiger partial charge in [-0.3, -0.25) is 9.78 Å². The summed E-state index contributed by atoms with van der Waals surface area (Å²) in [6.45, 7) is 6.46. The number of aryl methyl sites for hydroxylation is 1. The molecule has 7 heteroatoms. The average Bonchev–Trinajstić information content (AvgIpc) is 3.28. The van der Waals surface area contributed by atoms with E-state index >= 15 is 0 Å². The van der Waals surface area contributed by atoms with E-state index in [0.29, 0.717) is 24.1 Å². The van der Waals surface area contributed by atoms with Crippen LogP contribution in [0.5, 0.6) is 0 Å². The number of hydrogen-bond donors (Lipinski definition) is 2. The van der Waals surface area contributed by atoms with Crippen molar-refractivity contribution in [1.82, 2.24) is 9.97 Å². The van der Waals surface area contributed by atoms with Gasteiger partial charge < -0.3 is 15.5 Å². The van der Waals surface area contributed by atoms with Crippen LogP contribution in [-0.2, 0) is 11.8 Å². The molecule has 170 valence electrons. The maximum atomic E-state index is 13.8. The summed E-state index contributed by atoms with van der Waals surface area (Å²) in [4.78, 5) is 21.4. The number of halogens is 1. The molecule has 0 radical (unpaired) electrons. The van der Waals surface area contributed by atoms with Crippen molar-refractivity contribution in [2.45, 2.75) is 45.1 Å². The smallest absolute Gasteiger partial charge is 0.277 e. The molecule has 3 N–H and O–H groups in total. The fraction of sp³-hybridized carbons (Fsp3) is 0.269. The molecule has 2 aromatic carbocycles. The highest BCUT2D eigenvalue weighted by molar-refractivity contribution is 6.03. The first kappa shape index (κ1) is 22.6. The fourth-order valence-corrected chi connectivity index (χ4v) is 3.55. The maximum absolute atomic E-state index is 13.8. The Morgan fingerprint density at radius 2 is 1.97 bits per heavy atom. The van der Waals surface area contributed by atoms with Crippen LogP contribution < -0.4 is 11.1 Å². The van der Waals surface area contributed by atoms with Gasteiger partial charge in [-0.1, -0.05) is 51.1 Å². The molecule has 0 aliphatic heterocycles. The van der Waals surface area contributed by atoms with Gasteiger partial charge in [0.1, 0.15) is 12.1 Å². The predicted molar refractivity (Wildman–Crippen MR) is 127 cm³/mol. The van der Waals surface area contributed by atoms with Crippen LogP contribution in [0.1, 0.15) is 60.7 Å². The van der Waals surface area contributed by atoms with Crippen molar-refractivity contribution in [3.05, 3.63) is 89.5 Å². The van der Waals surface area contributed by atoms with E-state index in [1.54, 1.807) is 24.4 Å². The molecule has 0 spiro atoms. The zero-order valence-electron chi connectivity index (χ0n) is 18.9. The highest BCUT2D eigenvalue weighted by Crippen LogP contribution is 2.26. The topological polar surface area (TPSA) is 94.0 Å². The Labute approximate surface area is 192 Å². The first-order valence-corrected chi connectivity index (χ1v) is 10.9. The molecule has 2 heterocycles. The molecule has 0 aliphatic rings. The molecule has 4 aromatic rings. The molecule has 2 aromatic heterocycles. The van der Waals surface area contributed by atoms with E-state index < -0.39 is 11.9 Å². The van der Waals surface area contributed by atoms with Crippen LogP contribution in [-0.4, -0.2) is 15.9 Å². The number of nitrogens with zero attached hydrogens (tertiary/aromatic N) is 2. The van der Waals surface area contributed by atoms with E-state index in [1.165, 1.54) is 17.9 Å². The second-order valence-electron chi connectivity index (χ2n) is 9.14. The van der Waals surface area contributed by atoms with Crippen molar-refractivity contribution in [2.75, 3.05) is 5.32 Å². The Balaban J connectivity index is 1.41. The molecule has 4 rings (SSSR count). The monoisotopic (exact) mass is 446 g/mol. The summed E-state index contributed by atoms with van der Waals surface area (Å²) < 4.78 is 19.2. The van der Waals surface area contributed by atoms with Crippen LogP contribution >= 0.6 is 0 Å². The second-order valence-corrected chi connectivity index (χ2v) is 9.14. The number of hydrogen-bond acceptors (Lipinski definition) is 5. The van der Waals surface area contributed by atoms with Gasteiger partial charge in [-0.25, -0.2) is 9.37 Å². The van der Waals surface area contributed by atoms with Crippen molar-refractivity contribution in [2.24, 2.45) is 5.73 Å². The van der Waals surface area contributed by atoms with Gasteiger partial charge >= 0.3 is 0 Å². The molecule has 1 atom stereocenters. The van der Waals surface area contributed by atoms with Gasteiger partial charge in [0.15, 0.2) is 5.69 Å². The summed E-state index contributed by atoms with van der Waals surface area (Å²) in [5, 5.41) is 3.73. The lowest BCUT2D eigenvalue weighted by Gasteiger charge is -2.19. The van der Waals surface area contributed by atoms with Crippen LogP contribution in [0.25, 0.3) is 10.9 Å². The fourth-order valence-electron chi connectivity index (χ4n) is 3.55. The first-order chi connectivity index (χ1) is 15.7. The SMILES string of the molecule is CC(C)(C)c1ccc2cc(NC(=O)c3coc([C@H](N)CCc4ccccc4F)n3)cnc2c1. The number of aromatic nitrogens is 2. The molecule has 0 fully saturated rings. The number of benzene rings is 2. The summed E-state index contributed by atoms with van der Waals surface area (Å²) in [7, 11) is 0. The third-order valence-corrected chi connectivity index (χ3v) is 5.56. The highest BCUT2D eigenvalue weighted by atomic mass is 19.1. The third-order valence-electron chi connectivity index (χ3n) is 5.56. The largest absolute Gasteiger partial charge is 0.446 e. The van der Waals surface area contributed by atoms with E-state index in [1.807, 2.05) is 12.1 Å². The number of anilines is 1. The lowest BCUT2D eigenvalue weighted by atomic mass is 9.86. The van der Waals surface area contributed by atoms with Crippen molar-refractivity contribution < 1.29 is 13.6 Å². The average molecular weight is 447 g/mol. The summed E-state index contributed by atoms with van der Waals surface area (Å²) in [5.74, 6) is -0.447. The number of oxazole rings is 1. The minimum atomic E-state index is -0.550. The number of nitrogens with one attached hydrogen (secondary N) is 1. The maximum Gasteiger partial charge on any atom is 0.277 e. The molecular weight excluding hydrogens is 419 g/mol. The number of pyridine rings is 1. The molecule has 0 saturated carbocycles. The lowest BCUT2D eigenvalue weighted by Crippen LogP contribution is -2.15. The molecule has 6 nitrogen and oxygen atoms in total. The van der Waals surface area contributed by atoms with E-state index in [-0.39, 0.29) is 22.8 Å². The number of carbonyl (C=O) groups is 1. The van der Waals surface area contributed by atoms with Crippen molar-refractivity contribution in [3.63, 3.8) is 0 Å². The van der Waals surface area contributed by atoms with Crippen LogP contribution in [0.4, 0.5) is 10.1 Å². The van der Waals surface area contributed by atoms with E-state index in [2.05, 4.69) is 48.2 Å². The Kier molecular flexibility index (Phi) is 6.24. The normalized spacial score (nSPS) is 12.6. The zero-order valence-corrected chi connectivity index (χ0v) is 18.9. The number of nitrogens with two attached hydrogens (primary N) is 1. The first-order valence-electron chi connectivity index (χ1n) is 10.9. The second kappa shape index (κ2) is 9.11. The summed E-state index contributed by atoms with van der Waals surface area (Å²) in [5.41, 5.74) is 9.49. The van der Waals surface area contributed by atoms with Crippen LogP contribution in [0.15, 0.2) is 65.4 Å². The molecule has 33 heavy (non-hydrogen) atoms. The number of amides is 1. The van der Waals surface area contributed by atoms with E-state index in [0.717, 1.165) is 10.9 Å². The standard InChI is InChI=1S/C26H27FN4O2/c1-26(2,3)18-10-8-17-12-19(14-29-22(17)13-18)30-24(32)23-15-33-25(31-23)21(28)11-9-16-6-4-5-7-20(16)27/h4-8,10,12-15,21H,9,11,28H2,1-3H3,(H,30,32)/t21-/m1/s1. The molecule has 1 amide bonds. The van der Waals surface area contributed by atoms with Gasteiger partial charge in [0, 0.05) is 5.39 Å². The Morgan fingerprint density at radius 1 is 1.18 bits per heavy atom. The quantitative estimate of drug-likeness (QED) is 0.405. The molecule has 0 unspecified atom stereocenters. The summed E-state index contributed by atoms with van der Waals surface area (Å²) >= 11 is 0. The number of carbonyl (C=O) groups excluding carboxylic acids is 1. The van der Waals surface area contributed by atoms with Gasteiger partial charge in [0.25, 0.3) is 5.91 Å². The van der Waals surface area contributed by atoms with Gasteiger partial charge in [-0.2, -0.15) is 0 Å². The summed E-state index contributed by atoms with van der Waals surface area (Å²) in [6, 6.07) is 14.0. The van der Waals surface area contributed by atoms with Gasteiger partial charge in [0.2, 0.25) is 5.89 Å². The number of rotatable bonds is 6. The molecular formula is C26H27FN4O2. The molecule has 0 saturated heterocycles. The lowest BCUT2D eigenvalue weighted by molar-refractivity contribution is 0.102. The summed E-state index contributed by atoms with van der Waals surface area (Å²) in [6.07, 6.45) is 3.77. The van der Waals surface area contributed by atoms with E-state index in [9.17, 15) is 9.18 Å². The minimum absolute atomic E-state index is 0.0313. The van der Waals surface area contributed by atoms with Crippen molar-refractivity contribution in [3.8, 4) is 0 Å². The Hall–Kier alpha value is -3.58. The third kappa shape index (κ3) is 5.26.